The summed E-state index contributed by atoms with van der Waals surface area (Å²) in [6, 6.07) is 0. The Kier molecular flexibility index (Phi) is 3.52. The summed E-state index contributed by atoms with van der Waals surface area (Å²) >= 11 is 1.54. The van der Waals surface area contributed by atoms with Crippen LogP contribution in [0.2, 0.25) is 0 Å². The fraction of sp³-hybridized carbons (Fsp3) is 0.444. The zero-order valence-electron chi connectivity index (χ0n) is 7.87. The van der Waals surface area contributed by atoms with Crippen LogP contribution in [0.15, 0.2) is 16.1 Å². The molecule has 15 heavy (non-hydrogen) atoms. The zero-order chi connectivity index (χ0) is 10.1. The molecule has 0 radical (unpaired) electrons. The molecule has 0 saturated carbocycles. The number of H-pyrrole nitrogens is 2. The van der Waals surface area contributed by atoms with Crippen molar-refractivity contribution in [2.75, 3.05) is 0 Å². The van der Waals surface area contributed by atoms with E-state index in [1.54, 1.807) is 18.1 Å². The number of thioether (sulfide) groups is 1. The highest BCUT2D eigenvalue weighted by molar-refractivity contribution is 8.00. The number of rotatable bonds is 2. The molecule has 2 aromatic rings. The number of nitrogens with one attached hydrogen (secondary N) is 2. The molecule has 2 N–H and O–H groups in total. The van der Waals surface area contributed by atoms with Gasteiger partial charge in [0.2, 0.25) is 0 Å². The molecule has 0 atom stereocenters. The molecule has 0 aromatic carbocycles. The molecule has 0 fully saturated rings. The Hall–Kier alpha value is -1.30. The first-order valence-electron chi connectivity index (χ1n) is 4.27. The van der Waals surface area contributed by atoms with Crippen LogP contribution >= 0.6 is 11.8 Å². The van der Waals surface area contributed by atoms with Crippen LogP contribution in [0.25, 0.3) is 11.2 Å². The lowest BCUT2D eigenvalue weighted by molar-refractivity contribution is 1.00. The van der Waals surface area contributed by atoms with Crippen molar-refractivity contribution >= 4 is 22.9 Å². The van der Waals surface area contributed by atoms with Crippen molar-refractivity contribution in [3.63, 3.8) is 0 Å². The van der Waals surface area contributed by atoms with Crippen molar-refractivity contribution in [1.29, 1.82) is 0 Å². The normalized spacial score (nSPS) is 10.6. The van der Waals surface area contributed by atoms with Crippen molar-refractivity contribution in [2.45, 2.75) is 31.6 Å². The lowest BCUT2D eigenvalue weighted by atomic mass is 10.5. The maximum atomic E-state index is 11.1. The van der Waals surface area contributed by atoms with Crippen LogP contribution in [0, 0.1) is 0 Å². The fourth-order valence-corrected chi connectivity index (χ4v) is 1.99. The average molecular weight is 226 g/mol. The Morgan fingerprint density at radius 3 is 2.87 bits per heavy atom. The molecule has 0 saturated heterocycles. The number of hydrogen-bond acceptors (Lipinski definition) is 4. The van der Waals surface area contributed by atoms with E-state index in [1.807, 2.05) is 0 Å². The van der Waals surface area contributed by atoms with Gasteiger partial charge in [-0.1, -0.05) is 21.3 Å². The Bertz CT molecular complexity index is 502. The number of imidazole rings is 1. The highest BCUT2D eigenvalue weighted by Gasteiger charge is 2.08. The van der Waals surface area contributed by atoms with E-state index in [4.69, 9.17) is 0 Å². The van der Waals surface area contributed by atoms with Crippen LogP contribution in [0.1, 0.15) is 21.3 Å². The molecule has 6 heteroatoms. The maximum absolute atomic E-state index is 11.1. The first-order chi connectivity index (χ1) is 6.66. The fourth-order valence-electron chi connectivity index (χ4n) is 1.14. The molecule has 5 nitrogen and oxygen atoms in total. The third kappa shape index (κ3) is 2.38. The van der Waals surface area contributed by atoms with Gasteiger partial charge >= 0.3 is 5.69 Å². The van der Waals surface area contributed by atoms with Crippen LogP contribution < -0.4 is 5.69 Å². The lowest BCUT2D eigenvalue weighted by Gasteiger charge is -2.03. The largest absolute Gasteiger partial charge is 0.347 e. The summed E-state index contributed by atoms with van der Waals surface area (Å²) in [5.41, 5.74) is 1.00. The first-order valence-corrected chi connectivity index (χ1v) is 5.15. The van der Waals surface area contributed by atoms with Gasteiger partial charge in [-0.05, 0) is 0 Å². The van der Waals surface area contributed by atoms with Crippen molar-refractivity contribution in [3.05, 3.63) is 16.8 Å². The van der Waals surface area contributed by atoms with Crippen molar-refractivity contribution in [2.24, 2.45) is 0 Å². The van der Waals surface area contributed by atoms with Crippen LogP contribution in [0.5, 0.6) is 0 Å². The highest BCUT2D eigenvalue weighted by atomic mass is 32.2. The number of nitrogens with zero attached hydrogens (tertiary/aromatic N) is 2. The molecule has 82 valence electrons. The SMILES string of the molecule is C.CC(C)Sc1nc(=O)[nH]c2nc[nH]c12. The Morgan fingerprint density at radius 2 is 2.20 bits per heavy atom. The van der Waals surface area contributed by atoms with Crippen molar-refractivity contribution < 1.29 is 0 Å². The van der Waals surface area contributed by atoms with Crippen LogP contribution in [-0.4, -0.2) is 25.2 Å². The first kappa shape index (κ1) is 11.8. The van der Waals surface area contributed by atoms with Gasteiger partial charge in [0.05, 0.1) is 6.33 Å². The molecule has 0 aliphatic carbocycles. The second-order valence-corrected chi connectivity index (χ2v) is 4.71. The van der Waals surface area contributed by atoms with Gasteiger partial charge in [-0.3, -0.25) is 4.98 Å². The summed E-state index contributed by atoms with van der Waals surface area (Å²) < 4.78 is 0. The van der Waals surface area contributed by atoms with E-state index in [-0.39, 0.29) is 13.1 Å². The van der Waals surface area contributed by atoms with Crippen LogP contribution in [0.4, 0.5) is 0 Å². The topological polar surface area (TPSA) is 74.4 Å². The van der Waals surface area contributed by atoms with Gasteiger partial charge in [0, 0.05) is 5.25 Å². The van der Waals surface area contributed by atoms with E-state index in [0.717, 1.165) is 5.52 Å². The molecule has 2 heterocycles. The second-order valence-electron chi connectivity index (χ2n) is 3.14. The van der Waals surface area contributed by atoms with E-state index < -0.39 is 0 Å². The van der Waals surface area contributed by atoms with E-state index in [2.05, 4.69) is 33.8 Å². The smallest absolute Gasteiger partial charge is 0.341 e. The maximum Gasteiger partial charge on any atom is 0.347 e. The van der Waals surface area contributed by atoms with Gasteiger partial charge in [0.25, 0.3) is 0 Å². The van der Waals surface area contributed by atoms with Gasteiger partial charge in [-0.2, -0.15) is 4.98 Å². The summed E-state index contributed by atoms with van der Waals surface area (Å²) in [5, 5.41) is 1.09. The van der Waals surface area contributed by atoms with E-state index in [9.17, 15) is 4.79 Å². The minimum absolute atomic E-state index is 0. The quantitative estimate of drug-likeness (QED) is 0.604. The summed E-state index contributed by atoms with van der Waals surface area (Å²) in [5.74, 6) is 0. The number of aromatic nitrogens is 4. The number of hydrogen-bond donors (Lipinski definition) is 2. The number of fused-ring (bicyclic) bond motifs is 1. The van der Waals surface area contributed by atoms with Crippen molar-refractivity contribution in [3.8, 4) is 0 Å². The lowest BCUT2D eigenvalue weighted by Crippen LogP contribution is -2.11. The third-order valence-corrected chi connectivity index (χ3v) is 2.62. The molecule has 0 bridgehead atoms. The van der Waals surface area contributed by atoms with Crippen molar-refractivity contribution in [1.82, 2.24) is 19.9 Å². The second kappa shape index (κ2) is 4.48. The van der Waals surface area contributed by atoms with Gasteiger partial charge in [-0.15, -0.1) is 11.8 Å². The van der Waals surface area contributed by atoms with E-state index >= 15 is 0 Å². The zero-order valence-corrected chi connectivity index (χ0v) is 8.68. The Morgan fingerprint density at radius 1 is 1.47 bits per heavy atom. The standard InChI is InChI=1S/C8H10N4OS.CH4/c1-4(2)14-7-5-6(10-3-9-5)11-8(13)12-7;/h3-4H,1-2H3,(H2,9,10,11,12,13);1H4. The Labute approximate surface area is 91.7 Å². The predicted octanol–water partition coefficient (Wildman–Crippen LogP) is 1.78. The van der Waals surface area contributed by atoms with Gasteiger partial charge in [-0.25, -0.2) is 9.78 Å². The highest BCUT2D eigenvalue weighted by Crippen LogP contribution is 2.24. The predicted molar refractivity (Wildman–Crippen MR) is 62.2 cm³/mol. The van der Waals surface area contributed by atoms with Gasteiger partial charge < -0.3 is 4.98 Å². The molecule has 2 rings (SSSR count). The van der Waals surface area contributed by atoms with Crippen LogP contribution in [-0.2, 0) is 0 Å². The summed E-state index contributed by atoms with van der Waals surface area (Å²) in [6.07, 6.45) is 1.55. The molecular formula is C9H14N4OS. The monoisotopic (exact) mass is 226 g/mol. The molecule has 0 amide bonds. The molecular weight excluding hydrogens is 212 g/mol. The Balaban J connectivity index is 0.00000112. The average Bonchev–Trinajstić information content (AvgIpc) is 2.50. The third-order valence-electron chi connectivity index (χ3n) is 1.63. The molecule has 0 aliphatic rings. The summed E-state index contributed by atoms with van der Waals surface area (Å²) in [4.78, 5) is 24.5. The molecule has 2 aromatic heterocycles. The van der Waals surface area contributed by atoms with Gasteiger partial charge in [0.15, 0.2) is 5.65 Å². The summed E-state index contributed by atoms with van der Waals surface area (Å²) in [7, 11) is 0. The van der Waals surface area contributed by atoms with Crippen LogP contribution in [0.3, 0.4) is 0 Å². The summed E-state index contributed by atoms with van der Waals surface area (Å²) in [6.45, 7) is 4.10. The number of aromatic amines is 2. The van der Waals surface area contributed by atoms with Gasteiger partial charge in [0.1, 0.15) is 10.5 Å². The minimum Gasteiger partial charge on any atom is -0.341 e. The van der Waals surface area contributed by atoms with E-state index in [0.29, 0.717) is 15.9 Å². The minimum atomic E-state index is -0.354. The molecule has 0 aliphatic heterocycles. The van der Waals surface area contributed by atoms with E-state index in [1.165, 1.54) is 0 Å². The molecule has 0 unspecified atom stereocenters. The molecule has 0 spiro atoms.